The first-order chi connectivity index (χ1) is 8.16. The molecule has 0 saturated heterocycles. The number of hydrogen-bond donors (Lipinski definition) is 2. The van der Waals surface area contributed by atoms with Crippen LogP contribution in [0.25, 0.3) is 0 Å². The number of nitrogens with zero attached hydrogens (tertiary/aromatic N) is 4. The Kier molecular flexibility index (Phi) is 3.03. The molecule has 2 aromatic heterocycles. The Morgan fingerprint density at radius 1 is 1.59 bits per heavy atom. The molecular weight excluding hydrogens is 224 g/mol. The molecule has 0 unspecified atom stereocenters. The molecule has 0 bridgehead atoms. The van der Waals surface area contributed by atoms with Crippen LogP contribution in [0.1, 0.15) is 16.1 Å². The first-order valence-electron chi connectivity index (χ1n) is 5.00. The molecule has 8 nitrogen and oxygen atoms in total. The third kappa shape index (κ3) is 2.60. The maximum Gasteiger partial charge on any atom is 0.277 e. The normalized spacial score (nSPS) is 10.4. The monoisotopic (exact) mass is 236 g/mol. The lowest BCUT2D eigenvalue weighted by Crippen LogP contribution is -2.26. The van der Waals surface area contributed by atoms with Crippen LogP contribution in [0.2, 0.25) is 0 Å². The Balaban J connectivity index is 1.83. The number of carbonyl (C=O) groups excluding carboxylic acids is 1. The zero-order valence-corrected chi connectivity index (χ0v) is 9.25. The van der Waals surface area contributed by atoms with Gasteiger partial charge in [0, 0.05) is 19.8 Å². The number of nitrogens with two attached hydrogens (primary N) is 1. The largest absolute Gasteiger partial charge is 0.379 e. The second-order valence-corrected chi connectivity index (χ2v) is 3.53. The molecule has 0 aliphatic heterocycles. The van der Waals surface area contributed by atoms with Gasteiger partial charge in [-0.2, -0.15) is 5.10 Å². The van der Waals surface area contributed by atoms with Gasteiger partial charge in [0.1, 0.15) is 0 Å². The molecule has 17 heavy (non-hydrogen) atoms. The second kappa shape index (κ2) is 4.64. The molecule has 0 aliphatic rings. The van der Waals surface area contributed by atoms with Crippen molar-refractivity contribution in [1.29, 1.82) is 0 Å². The van der Waals surface area contributed by atoms with Gasteiger partial charge < -0.3 is 11.1 Å². The Morgan fingerprint density at radius 3 is 3.00 bits per heavy atom. The summed E-state index contributed by atoms with van der Waals surface area (Å²) in [6.07, 6.45) is 4.32. The number of aromatic nitrogens is 4. The van der Waals surface area contributed by atoms with Crippen molar-refractivity contribution < 1.29 is 9.42 Å². The first kappa shape index (κ1) is 11.1. The van der Waals surface area contributed by atoms with Gasteiger partial charge in [-0.1, -0.05) is 0 Å². The first-order valence-corrected chi connectivity index (χ1v) is 5.00. The highest BCUT2D eigenvalue weighted by Gasteiger charge is 2.14. The van der Waals surface area contributed by atoms with E-state index in [2.05, 4.69) is 25.4 Å². The smallest absolute Gasteiger partial charge is 0.277 e. The number of aryl methyl sites for hydroxylation is 1. The molecule has 90 valence electrons. The zero-order chi connectivity index (χ0) is 12.3. The van der Waals surface area contributed by atoms with E-state index in [1.165, 1.54) is 0 Å². The molecule has 0 aliphatic carbocycles. The fraction of sp³-hybridized carbons (Fsp3) is 0.333. The van der Waals surface area contributed by atoms with Crippen molar-refractivity contribution >= 4 is 11.7 Å². The summed E-state index contributed by atoms with van der Waals surface area (Å²) in [5, 5.41) is 13.4. The Morgan fingerprint density at radius 2 is 2.41 bits per heavy atom. The second-order valence-electron chi connectivity index (χ2n) is 3.53. The summed E-state index contributed by atoms with van der Waals surface area (Å²) in [5.74, 6) is -0.406. The van der Waals surface area contributed by atoms with Gasteiger partial charge in [0.05, 0.1) is 6.20 Å². The van der Waals surface area contributed by atoms with E-state index >= 15 is 0 Å². The van der Waals surface area contributed by atoms with Crippen LogP contribution in [-0.2, 0) is 13.5 Å². The lowest BCUT2D eigenvalue weighted by atomic mass is 10.2. The van der Waals surface area contributed by atoms with E-state index in [1.807, 2.05) is 13.2 Å². The molecule has 0 fully saturated rings. The molecule has 8 heteroatoms. The van der Waals surface area contributed by atoms with Crippen LogP contribution in [0.3, 0.4) is 0 Å². The van der Waals surface area contributed by atoms with Gasteiger partial charge >= 0.3 is 0 Å². The van der Waals surface area contributed by atoms with E-state index in [9.17, 15) is 4.79 Å². The Hall–Kier alpha value is -2.38. The third-order valence-corrected chi connectivity index (χ3v) is 2.19. The minimum Gasteiger partial charge on any atom is -0.379 e. The van der Waals surface area contributed by atoms with Gasteiger partial charge in [-0.25, -0.2) is 4.63 Å². The summed E-state index contributed by atoms with van der Waals surface area (Å²) in [5.41, 5.74) is 6.44. The van der Waals surface area contributed by atoms with Crippen LogP contribution in [0.15, 0.2) is 17.0 Å². The molecule has 2 aromatic rings. The van der Waals surface area contributed by atoms with E-state index in [0.717, 1.165) is 5.56 Å². The minimum absolute atomic E-state index is 0.0103. The number of nitrogen functional groups attached to an aromatic ring is 1. The maximum atomic E-state index is 11.5. The lowest BCUT2D eigenvalue weighted by molar-refractivity contribution is 0.0945. The van der Waals surface area contributed by atoms with E-state index in [-0.39, 0.29) is 11.5 Å². The van der Waals surface area contributed by atoms with Crippen molar-refractivity contribution in [1.82, 2.24) is 25.4 Å². The Labute approximate surface area is 96.7 Å². The van der Waals surface area contributed by atoms with Gasteiger partial charge in [-0.15, -0.1) is 0 Å². The van der Waals surface area contributed by atoms with Crippen molar-refractivity contribution in [2.24, 2.45) is 7.05 Å². The van der Waals surface area contributed by atoms with Gasteiger partial charge in [0.25, 0.3) is 5.91 Å². The number of rotatable bonds is 4. The molecule has 0 spiro atoms. The minimum atomic E-state index is -0.396. The van der Waals surface area contributed by atoms with Gasteiger partial charge in [0.15, 0.2) is 0 Å². The quantitative estimate of drug-likeness (QED) is 0.730. The fourth-order valence-corrected chi connectivity index (χ4v) is 1.36. The summed E-state index contributed by atoms with van der Waals surface area (Å²) in [7, 11) is 1.84. The van der Waals surface area contributed by atoms with Crippen molar-refractivity contribution in [3.05, 3.63) is 23.7 Å². The van der Waals surface area contributed by atoms with E-state index in [4.69, 9.17) is 5.73 Å². The number of anilines is 1. The predicted octanol–water partition coefficient (Wildman–Crippen LogP) is -0.642. The van der Waals surface area contributed by atoms with Crippen molar-refractivity contribution in [2.75, 3.05) is 12.3 Å². The van der Waals surface area contributed by atoms with Crippen molar-refractivity contribution in [3.63, 3.8) is 0 Å². The van der Waals surface area contributed by atoms with Gasteiger partial charge in [-0.05, 0) is 22.3 Å². The van der Waals surface area contributed by atoms with Crippen molar-refractivity contribution in [2.45, 2.75) is 6.42 Å². The van der Waals surface area contributed by atoms with Gasteiger partial charge in [0.2, 0.25) is 11.5 Å². The molecule has 0 atom stereocenters. The van der Waals surface area contributed by atoms with E-state index < -0.39 is 5.91 Å². The molecule has 0 radical (unpaired) electrons. The predicted molar refractivity (Wildman–Crippen MR) is 58.0 cm³/mol. The molecule has 0 saturated carbocycles. The Bertz CT molecular complexity index is 517. The highest BCUT2D eigenvalue weighted by atomic mass is 16.6. The van der Waals surface area contributed by atoms with E-state index in [1.54, 1.807) is 10.9 Å². The zero-order valence-electron chi connectivity index (χ0n) is 9.25. The van der Waals surface area contributed by atoms with Crippen LogP contribution in [0.5, 0.6) is 0 Å². The highest BCUT2D eigenvalue weighted by Crippen LogP contribution is 2.03. The number of nitrogens with one attached hydrogen (secondary N) is 1. The molecule has 0 aromatic carbocycles. The number of hydrogen-bond acceptors (Lipinski definition) is 6. The molecule has 2 rings (SSSR count). The lowest BCUT2D eigenvalue weighted by Gasteiger charge is -2.00. The third-order valence-electron chi connectivity index (χ3n) is 2.19. The average molecular weight is 236 g/mol. The summed E-state index contributed by atoms with van der Waals surface area (Å²) in [6, 6.07) is 0. The fourth-order valence-electron chi connectivity index (χ4n) is 1.36. The van der Waals surface area contributed by atoms with Crippen LogP contribution in [-0.4, -0.2) is 32.5 Å². The molecule has 3 N–H and O–H groups in total. The molecular formula is C9H12N6O2. The van der Waals surface area contributed by atoms with Crippen LogP contribution in [0, 0.1) is 0 Å². The standard InChI is InChI=1S/C9H12N6O2/c1-15-5-6(4-12-15)2-3-11-9(16)7-8(10)14-17-13-7/h4-5H,2-3H2,1H3,(H2,10,14)(H,11,16). The van der Waals surface area contributed by atoms with Gasteiger partial charge in [-0.3, -0.25) is 9.48 Å². The summed E-state index contributed by atoms with van der Waals surface area (Å²) in [4.78, 5) is 11.5. The summed E-state index contributed by atoms with van der Waals surface area (Å²) in [6.45, 7) is 0.469. The number of amides is 1. The average Bonchev–Trinajstić information content (AvgIpc) is 2.87. The molecule has 2 heterocycles. The topological polar surface area (TPSA) is 112 Å². The number of carbonyl (C=O) groups is 1. The summed E-state index contributed by atoms with van der Waals surface area (Å²) < 4.78 is 6.04. The van der Waals surface area contributed by atoms with Crippen LogP contribution < -0.4 is 11.1 Å². The van der Waals surface area contributed by atoms with Crippen molar-refractivity contribution in [3.8, 4) is 0 Å². The van der Waals surface area contributed by atoms with Crippen LogP contribution >= 0.6 is 0 Å². The highest BCUT2D eigenvalue weighted by molar-refractivity contribution is 5.95. The maximum absolute atomic E-state index is 11.5. The van der Waals surface area contributed by atoms with E-state index in [0.29, 0.717) is 13.0 Å². The summed E-state index contributed by atoms with van der Waals surface area (Å²) >= 11 is 0. The SMILES string of the molecule is Cn1cc(CCNC(=O)c2nonc2N)cn1. The van der Waals surface area contributed by atoms with Crippen LogP contribution in [0.4, 0.5) is 5.82 Å². The molecule has 1 amide bonds.